The van der Waals surface area contributed by atoms with Gasteiger partial charge >= 0.3 is 6.18 Å². The molecule has 1 fully saturated rings. The molecule has 0 aromatic heterocycles. The molecule has 116 valence electrons. The van der Waals surface area contributed by atoms with Gasteiger partial charge in [-0.3, -0.25) is 4.79 Å². The third-order valence-corrected chi connectivity index (χ3v) is 3.19. The number of alkyl halides is 3. The highest BCUT2D eigenvalue weighted by molar-refractivity contribution is 5.96. The molecule has 3 atom stereocenters. The second-order valence-corrected chi connectivity index (χ2v) is 4.72. The Balaban J connectivity index is 2.18. The number of amides is 1. The van der Waals surface area contributed by atoms with Crippen molar-refractivity contribution in [2.75, 3.05) is 13.2 Å². The molecule has 5 nitrogen and oxygen atoms in total. The van der Waals surface area contributed by atoms with Gasteiger partial charge in [-0.15, -0.1) is 0 Å². The zero-order chi connectivity index (χ0) is 15.6. The van der Waals surface area contributed by atoms with Crippen molar-refractivity contribution < 1.29 is 32.9 Å². The van der Waals surface area contributed by atoms with Crippen LogP contribution >= 0.6 is 0 Å². The number of hydrogen-bond donors (Lipinski definition) is 3. The Morgan fingerprint density at radius 2 is 1.90 bits per heavy atom. The van der Waals surface area contributed by atoms with Crippen LogP contribution in [0.3, 0.4) is 0 Å². The van der Waals surface area contributed by atoms with Crippen LogP contribution in [0.5, 0.6) is 0 Å². The maximum Gasteiger partial charge on any atom is 0.417 e. The molecule has 0 radical (unpaired) electrons. The minimum atomic E-state index is -4.66. The summed E-state index contributed by atoms with van der Waals surface area (Å²) in [5.41, 5.74) is -1.61. The number of halogens is 3. The number of aliphatic hydroxyl groups is 2. The lowest BCUT2D eigenvalue weighted by molar-refractivity contribution is -0.138. The molecule has 0 saturated carbocycles. The molecule has 1 aromatic carbocycles. The summed E-state index contributed by atoms with van der Waals surface area (Å²) in [5.74, 6) is -0.982. The number of carbonyl (C=O) groups excluding carboxylic acids is 1. The van der Waals surface area contributed by atoms with Gasteiger partial charge in [0.2, 0.25) is 0 Å². The van der Waals surface area contributed by atoms with Crippen LogP contribution in [-0.2, 0) is 10.9 Å². The molecule has 1 aliphatic rings. The van der Waals surface area contributed by atoms with Crippen molar-refractivity contribution in [1.82, 2.24) is 5.32 Å². The van der Waals surface area contributed by atoms with E-state index in [9.17, 15) is 28.2 Å². The highest BCUT2D eigenvalue weighted by atomic mass is 19.4. The van der Waals surface area contributed by atoms with E-state index in [0.29, 0.717) is 0 Å². The fourth-order valence-electron chi connectivity index (χ4n) is 2.08. The standard InChI is InChI=1S/C13H14F3NO4/c14-13(15,16)8-4-2-1-3-7(8)12(20)17-9-5-21-6-10(18)11(9)19/h1-4,9-11,18-19H,5-6H2,(H,17,20)/t9-,10-,11+/m1/s1. The number of benzene rings is 1. The molecule has 1 aromatic rings. The Morgan fingerprint density at radius 3 is 2.57 bits per heavy atom. The zero-order valence-electron chi connectivity index (χ0n) is 10.8. The van der Waals surface area contributed by atoms with Crippen LogP contribution in [0.2, 0.25) is 0 Å². The minimum Gasteiger partial charge on any atom is -0.388 e. The van der Waals surface area contributed by atoms with Crippen LogP contribution in [0.15, 0.2) is 24.3 Å². The van der Waals surface area contributed by atoms with E-state index in [1.165, 1.54) is 12.1 Å². The summed E-state index contributed by atoms with van der Waals surface area (Å²) in [4.78, 5) is 12.0. The molecule has 1 amide bonds. The van der Waals surface area contributed by atoms with Crippen molar-refractivity contribution in [1.29, 1.82) is 0 Å². The fraction of sp³-hybridized carbons (Fsp3) is 0.462. The molecule has 1 aliphatic heterocycles. The van der Waals surface area contributed by atoms with Gasteiger partial charge in [0.1, 0.15) is 12.2 Å². The van der Waals surface area contributed by atoms with Crippen molar-refractivity contribution in [2.45, 2.75) is 24.4 Å². The first kappa shape index (κ1) is 15.7. The SMILES string of the molecule is O=C(N[C@@H]1COC[C@@H](O)[C@H]1O)c1ccccc1C(F)(F)F. The lowest BCUT2D eigenvalue weighted by atomic mass is 10.0. The summed E-state index contributed by atoms with van der Waals surface area (Å²) < 4.78 is 43.4. The molecule has 1 heterocycles. The van der Waals surface area contributed by atoms with Crippen molar-refractivity contribution in [2.24, 2.45) is 0 Å². The number of aliphatic hydroxyl groups excluding tert-OH is 2. The normalized spacial score (nSPS) is 26.4. The monoisotopic (exact) mass is 305 g/mol. The van der Waals surface area contributed by atoms with Gasteiger partial charge in [-0.05, 0) is 12.1 Å². The Morgan fingerprint density at radius 1 is 1.24 bits per heavy atom. The molecule has 3 N–H and O–H groups in total. The first-order chi connectivity index (χ1) is 9.80. The smallest absolute Gasteiger partial charge is 0.388 e. The van der Waals surface area contributed by atoms with Crippen molar-refractivity contribution >= 4 is 5.91 Å². The summed E-state index contributed by atoms with van der Waals surface area (Å²) in [6, 6.07) is 3.37. The molecular formula is C13H14F3NO4. The van der Waals surface area contributed by atoms with Crippen LogP contribution in [0, 0.1) is 0 Å². The highest BCUT2D eigenvalue weighted by Crippen LogP contribution is 2.31. The maximum atomic E-state index is 12.8. The lowest BCUT2D eigenvalue weighted by Crippen LogP contribution is -2.55. The second kappa shape index (κ2) is 6.00. The van der Waals surface area contributed by atoms with Crippen molar-refractivity contribution in [3.8, 4) is 0 Å². The van der Waals surface area contributed by atoms with Gasteiger partial charge in [0.25, 0.3) is 5.91 Å². The summed E-state index contributed by atoms with van der Waals surface area (Å²) >= 11 is 0. The minimum absolute atomic E-state index is 0.0852. The maximum absolute atomic E-state index is 12.8. The van der Waals surface area contributed by atoms with E-state index in [1.807, 2.05) is 0 Å². The van der Waals surface area contributed by atoms with Crippen LogP contribution < -0.4 is 5.32 Å². The Labute approximate surface area is 118 Å². The predicted octanol–water partition coefficient (Wildman–Crippen LogP) is 0.556. The molecule has 0 unspecified atom stereocenters. The largest absolute Gasteiger partial charge is 0.417 e. The Kier molecular flexibility index (Phi) is 4.50. The molecule has 0 spiro atoms. The summed E-state index contributed by atoms with van der Waals surface area (Å²) in [5, 5.41) is 21.4. The molecule has 21 heavy (non-hydrogen) atoms. The number of hydrogen-bond acceptors (Lipinski definition) is 4. The van der Waals surface area contributed by atoms with Gasteiger partial charge in [0.05, 0.1) is 30.4 Å². The van der Waals surface area contributed by atoms with Crippen LogP contribution in [0.25, 0.3) is 0 Å². The van der Waals surface area contributed by atoms with E-state index in [2.05, 4.69) is 5.32 Å². The van der Waals surface area contributed by atoms with E-state index >= 15 is 0 Å². The van der Waals surface area contributed by atoms with Crippen molar-refractivity contribution in [3.05, 3.63) is 35.4 Å². The average Bonchev–Trinajstić information content (AvgIpc) is 2.43. The summed E-state index contributed by atoms with van der Waals surface area (Å²) in [7, 11) is 0. The van der Waals surface area contributed by atoms with Crippen LogP contribution in [-0.4, -0.2) is 47.6 Å². The van der Waals surface area contributed by atoms with E-state index in [0.717, 1.165) is 12.1 Å². The third-order valence-electron chi connectivity index (χ3n) is 3.19. The van der Waals surface area contributed by atoms with Gasteiger partial charge in [-0.2, -0.15) is 13.2 Å². The Bertz CT molecular complexity index is 520. The topological polar surface area (TPSA) is 78.8 Å². The fourth-order valence-corrected chi connectivity index (χ4v) is 2.08. The molecule has 2 rings (SSSR count). The van der Waals surface area contributed by atoms with E-state index in [1.54, 1.807) is 0 Å². The number of carbonyl (C=O) groups is 1. The molecule has 8 heteroatoms. The molecule has 0 aliphatic carbocycles. The third kappa shape index (κ3) is 3.52. The first-order valence-corrected chi connectivity index (χ1v) is 6.21. The first-order valence-electron chi connectivity index (χ1n) is 6.21. The Hall–Kier alpha value is -1.64. The van der Waals surface area contributed by atoms with E-state index < -0.39 is 41.5 Å². The van der Waals surface area contributed by atoms with Crippen LogP contribution in [0.1, 0.15) is 15.9 Å². The number of nitrogens with one attached hydrogen (secondary N) is 1. The van der Waals surface area contributed by atoms with Gasteiger partial charge in [-0.25, -0.2) is 0 Å². The second-order valence-electron chi connectivity index (χ2n) is 4.72. The van der Waals surface area contributed by atoms with Gasteiger partial charge in [-0.1, -0.05) is 12.1 Å². The van der Waals surface area contributed by atoms with Gasteiger partial charge in [0, 0.05) is 0 Å². The zero-order valence-corrected chi connectivity index (χ0v) is 10.8. The molecule has 1 saturated heterocycles. The average molecular weight is 305 g/mol. The predicted molar refractivity (Wildman–Crippen MR) is 65.5 cm³/mol. The summed E-state index contributed by atoms with van der Waals surface area (Å²) in [6.45, 7) is -0.176. The molecule has 0 bridgehead atoms. The summed E-state index contributed by atoms with van der Waals surface area (Å²) in [6.07, 6.45) is -7.14. The van der Waals surface area contributed by atoms with Gasteiger partial charge in [0.15, 0.2) is 0 Å². The van der Waals surface area contributed by atoms with Crippen LogP contribution in [0.4, 0.5) is 13.2 Å². The lowest BCUT2D eigenvalue weighted by Gasteiger charge is -2.32. The number of ether oxygens (including phenoxy) is 1. The van der Waals surface area contributed by atoms with E-state index in [-0.39, 0.29) is 13.2 Å². The molecular weight excluding hydrogens is 291 g/mol. The quantitative estimate of drug-likeness (QED) is 0.746. The van der Waals surface area contributed by atoms with E-state index in [4.69, 9.17) is 4.74 Å². The number of rotatable bonds is 2. The van der Waals surface area contributed by atoms with Crippen molar-refractivity contribution in [3.63, 3.8) is 0 Å². The van der Waals surface area contributed by atoms with Gasteiger partial charge < -0.3 is 20.3 Å². The highest BCUT2D eigenvalue weighted by Gasteiger charge is 2.37.